The highest BCUT2D eigenvalue weighted by Crippen LogP contribution is 2.26. The third-order valence-corrected chi connectivity index (χ3v) is 7.01. The molecular formula is C17H22N6O2S. The predicted octanol–water partition coefficient (Wildman–Crippen LogP) is 1.72. The van der Waals surface area contributed by atoms with Crippen molar-refractivity contribution in [1.82, 2.24) is 24.5 Å². The molecule has 1 aliphatic rings. The zero-order valence-corrected chi connectivity index (χ0v) is 15.9. The minimum absolute atomic E-state index is 0.306. The molecule has 0 atom stereocenters. The molecule has 0 radical (unpaired) electrons. The maximum atomic E-state index is 12.9. The molecule has 8 nitrogen and oxygen atoms in total. The van der Waals surface area contributed by atoms with E-state index in [1.54, 1.807) is 18.2 Å². The van der Waals surface area contributed by atoms with Gasteiger partial charge in [-0.3, -0.25) is 5.10 Å². The highest BCUT2D eigenvalue weighted by molar-refractivity contribution is 7.89. The third-order valence-electron chi connectivity index (χ3n) is 4.85. The third kappa shape index (κ3) is 2.77. The second-order valence-corrected chi connectivity index (χ2v) is 8.55. The van der Waals surface area contributed by atoms with E-state index < -0.39 is 10.0 Å². The fourth-order valence-corrected chi connectivity index (χ4v) is 5.31. The van der Waals surface area contributed by atoms with E-state index in [4.69, 9.17) is 0 Å². The Hall–Kier alpha value is -2.39. The summed E-state index contributed by atoms with van der Waals surface area (Å²) in [6, 6.07) is 6.11. The van der Waals surface area contributed by atoms with Gasteiger partial charge in [-0.15, -0.1) is 0 Å². The Bertz CT molecular complexity index is 1040. The van der Waals surface area contributed by atoms with Crippen LogP contribution in [0.25, 0.3) is 11.0 Å². The van der Waals surface area contributed by atoms with E-state index in [2.05, 4.69) is 31.1 Å². The Balaban J connectivity index is 1.53. The minimum atomic E-state index is -3.52. The maximum Gasteiger partial charge on any atom is 0.246 e. The summed E-state index contributed by atoms with van der Waals surface area (Å²) < 4.78 is 27.4. The van der Waals surface area contributed by atoms with Gasteiger partial charge in [0.1, 0.15) is 10.7 Å². The van der Waals surface area contributed by atoms with Gasteiger partial charge in [-0.1, -0.05) is 0 Å². The van der Waals surface area contributed by atoms with Crippen LogP contribution in [0.2, 0.25) is 0 Å². The van der Waals surface area contributed by atoms with E-state index in [0.717, 1.165) is 22.5 Å². The number of piperazine rings is 1. The molecule has 1 aliphatic heterocycles. The van der Waals surface area contributed by atoms with E-state index in [-0.39, 0.29) is 0 Å². The number of hydrogen-bond acceptors (Lipinski definition) is 5. The SMILES string of the molecule is Cc1nc2ccc(N3CCN(S(=O)(=O)c4c(C)n[nH]c4C)CC3)cc2[nH]1. The van der Waals surface area contributed by atoms with Crippen LogP contribution in [-0.2, 0) is 10.0 Å². The highest BCUT2D eigenvalue weighted by atomic mass is 32.2. The molecule has 26 heavy (non-hydrogen) atoms. The fourth-order valence-electron chi connectivity index (χ4n) is 3.56. The first-order valence-corrected chi connectivity index (χ1v) is 10.0. The number of H-pyrrole nitrogens is 2. The molecule has 1 fully saturated rings. The van der Waals surface area contributed by atoms with Crippen molar-refractivity contribution in [3.8, 4) is 0 Å². The molecule has 2 N–H and O–H groups in total. The van der Waals surface area contributed by atoms with Crippen LogP contribution < -0.4 is 4.90 Å². The lowest BCUT2D eigenvalue weighted by Gasteiger charge is -2.35. The second-order valence-electron chi connectivity index (χ2n) is 6.68. The summed E-state index contributed by atoms with van der Waals surface area (Å²) in [6.45, 7) is 7.59. The number of nitrogens with one attached hydrogen (secondary N) is 2. The van der Waals surface area contributed by atoms with Crippen molar-refractivity contribution in [2.45, 2.75) is 25.7 Å². The highest BCUT2D eigenvalue weighted by Gasteiger charge is 2.32. The van der Waals surface area contributed by atoms with Crippen LogP contribution in [0.15, 0.2) is 23.1 Å². The van der Waals surface area contributed by atoms with Crippen molar-refractivity contribution in [2.75, 3.05) is 31.1 Å². The van der Waals surface area contributed by atoms with E-state index in [1.165, 1.54) is 0 Å². The molecule has 9 heteroatoms. The van der Waals surface area contributed by atoms with Crippen molar-refractivity contribution in [3.05, 3.63) is 35.4 Å². The molecular weight excluding hydrogens is 352 g/mol. The lowest BCUT2D eigenvalue weighted by atomic mass is 10.2. The van der Waals surface area contributed by atoms with E-state index >= 15 is 0 Å². The average Bonchev–Trinajstić information content (AvgIpc) is 3.15. The first kappa shape index (κ1) is 17.0. The second kappa shape index (κ2) is 6.10. The average molecular weight is 374 g/mol. The summed E-state index contributed by atoms with van der Waals surface area (Å²) >= 11 is 0. The molecule has 0 amide bonds. The fraction of sp³-hybridized carbons (Fsp3) is 0.412. The van der Waals surface area contributed by atoms with Gasteiger partial charge in [0.05, 0.1) is 22.4 Å². The van der Waals surface area contributed by atoms with Crippen LogP contribution in [-0.4, -0.2) is 59.1 Å². The Kier molecular flexibility index (Phi) is 4.00. The van der Waals surface area contributed by atoms with Crippen LogP contribution in [0.5, 0.6) is 0 Å². The molecule has 0 bridgehead atoms. The Morgan fingerprint density at radius 2 is 1.81 bits per heavy atom. The van der Waals surface area contributed by atoms with Crippen molar-refractivity contribution < 1.29 is 8.42 Å². The van der Waals surface area contributed by atoms with E-state index in [0.29, 0.717) is 42.5 Å². The van der Waals surface area contributed by atoms with Crippen molar-refractivity contribution in [2.24, 2.45) is 0 Å². The number of aromatic nitrogens is 4. The number of nitrogens with zero attached hydrogens (tertiary/aromatic N) is 4. The number of aromatic amines is 2. The Morgan fingerprint density at radius 3 is 2.46 bits per heavy atom. The number of imidazole rings is 1. The molecule has 1 saturated heterocycles. The molecule has 3 heterocycles. The number of sulfonamides is 1. The van der Waals surface area contributed by atoms with Gasteiger partial charge >= 0.3 is 0 Å². The minimum Gasteiger partial charge on any atom is -0.369 e. The largest absolute Gasteiger partial charge is 0.369 e. The first-order valence-electron chi connectivity index (χ1n) is 8.59. The van der Waals surface area contributed by atoms with E-state index in [1.807, 2.05) is 19.1 Å². The summed E-state index contributed by atoms with van der Waals surface area (Å²) in [6.07, 6.45) is 0. The van der Waals surface area contributed by atoms with Crippen molar-refractivity contribution in [1.29, 1.82) is 0 Å². The van der Waals surface area contributed by atoms with Gasteiger partial charge in [-0.05, 0) is 39.0 Å². The Labute approximate surface area is 152 Å². The Morgan fingerprint density at radius 1 is 1.08 bits per heavy atom. The van der Waals surface area contributed by atoms with Gasteiger partial charge in [0.2, 0.25) is 10.0 Å². The summed E-state index contributed by atoms with van der Waals surface area (Å²) in [7, 11) is -3.52. The van der Waals surface area contributed by atoms with Gasteiger partial charge < -0.3 is 9.88 Å². The smallest absolute Gasteiger partial charge is 0.246 e. The molecule has 0 aliphatic carbocycles. The van der Waals surface area contributed by atoms with Gasteiger partial charge in [0.15, 0.2) is 0 Å². The molecule has 4 rings (SSSR count). The topological polar surface area (TPSA) is 98.0 Å². The number of hydrogen-bond donors (Lipinski definition) is 2. The molecule has 3 aromatic rings. The van der Waals surface area contributed by atoms with Gasteiger partial charge in [0, 0.05) is 31.9 Å². The van der Waals surface area contributed by atoms with Crippen LogP contribution in [0.3, 0.4) is 0 Å². The normalized spacial score (nSPS) is 16.5. The molecule has 1 aromatic carbocycles. The molecule has 0 unspecified atom stereocenters. The monoisotopic (exact) mass is 374 g/mol. The zero-order chi connectivity index (χ0) is 18.5. The molecule has 0 saturated carbocycles. The summed E-state index contributed by atoms with van der Waals surface area (Å²) in [5.74, 6) is 0.888. The van der Waals surface area contributed by atoms with Crippen LogP contribution in [0.1, 0.15) is 17.2 Å². The van der Waals surface area contributed by atoms with Crippen LogP contribution in [0.4, 0.5) is 5.69 Å². The van der Waals surface area contributed by atoms with Crippen molar-refractivity contribution >= 4 is 26.7 Å². The summed E-state index contributed by atoms with van der Waals surface area (Å²) in [5.41, 5.74) is 4.13. The molecule has 0 spiro atoms. The van der Waals surface area contributed by atoms with Crippen molar-refractivity contribution in [3.63, 3.8) is 0 Å². The number of rotatable bonds is 3. The van der Waals surface area contributed by atoms with E-state index in [9.17, 15) is 8.42 Å². The summed E-state index contributed by atoms with van der Waals surface area (Å²) in [5, 5.41) is 6.78. The lowest BCUT2D eigenvalue weighted by Crippen LogP contribution is -2.48. The standard InChI is InChI=1S/C17H22N6O2S/c1-11-17(12(2)21-20-11)26(24,25)23-8-6-22(7-9-23)14-4-5-15-16(10-14)19-13(3)18-15/h4-5,10H,6-9H2,1-3H3,(H,18,19)(H,20,21). The van der Waals surface area contributed by atoms with Gasteiger partial charge in [-0.25, -0.2) is 13.4 Å². The van der Waals surface area contributed by atoms with Crippen LogP contribution in [0, 0.1) is 20.8 Å². The van der Waals surface area contributed by atoms with Gasteiger partial charge in [-0.2, -0.15) is 9.40 Å². The molecule has 138 valence electrons. The number of aryl methyl sites for hydroxylation is 3. The molecule has 2 aromatic heterocycles. The number of fused-ring (bicyclic) bond motifs is 1. The van der Waals surface area contributed by atoms with Crippen LogP contribution >= 0.6 is 0 Å². The maximum absolute atomic E-state index is 12.9. The number of benzene rings is 1. The summed E-state index contributed by atoms with van der Waals surface area (Å²) in [4.78, 5) is 10.2. The zero-order valence-electron chi connectivity index (χ0n) is 15.1. The first-order chi connectivity index (χ1) is 12.4. The number of anilines is 1. The predicted molar refractivity (Wildman–Crippen MR) is 99.9 cm³/mol. The van der Waals surface area contributed by atoms with Gasteiger partial charge in [0.25, 0.3) is 0 Å². The quantitative estimate of drug-likeness (QED) is 0.727. The lowest BCUT2D eigenvalue weighted by molar-refractivity contribution is 0.384.